The van der Waals surface area contributed by atoms with Crippen LogP contribution in [0.4, 0.5) is 18.0 Å². The maximum Gasteiger partial charge on any atom is 0.430 e. The summed E-state index contributed by atoms with van der Waals surface area (Å²) in [5.41, 5.74) is 8.15. The number of halogens is 3. The molecule has 5 N–H and O–H groups in total. The van der Waals surface area contributed by atoms with Gasteiger partial charge in [-0.05, 0) is 6.08 Å². The highest BCUT2D eigenvalue weighted by molar-refractivity contribution is 5.84. The molecule has 0 aliphatic rings. The number of urea groups is 1. The third-order valence-electron chi connectivity index (χ3n) is 1.36. The fourth-order valence-electron chi connectivity index (χ4n) is 0.537. The molecule has 0 aromatic rings. The molecule has 0 rings (SSSR count). The largest absolute Gasteiger partial charge is 0.430 e. The maximum atomic E-state index is 11.9. The number of hydrogen-bond donors (Lipinski definition) is 3. The van der Waals surface area contributed by atoms with E-state index in [9.17, 15) is 18.0 Å². The lowest BCUT2D eigenvalue weighted by Gasteiger charge is -2.09. The van der Waals surface area contributed by atoms with Gasteiger partial charge in [0.15, 0.2) is 0 Å². The zero-order chi connectivity index (χ0) is 12.8. The summed E-state index contributed by atoms with van der Waals surface area (Å²) in [7, 11) is 0. The molecular weight excluding hydrogens is 227 g/mol. The van der Waals surface area contributed by atoms with E-state index in [0.29, 0.717) is 17.3 Å². The minimum absolute atomic E-state index is 0.347. The Morgan fingerprint density at radius 1 is 1.44 bits per heavy atom. The number of nitrogens with one attached hydrogen (secondary N) is 1. The summed E-state index contributed by atoms with van der Waals surface area (Å²) in [5.74, 6) is 0. The molecule has 0 radical (unpaired) electrons. The smallest absolute Gasteiger partial charge is 0.395 e. The normalized spacial score (nSPS) is 12.8. The number of amides is 2. The summed E-state index contributed by atoms with van der Waals surface area (Å²) < 4.78 is 35.6. The second kappa shape index (κ2) is 5.73. The lowest BCUT2D eigenvalue weighted by molar-refractivity contribution is -0.0925. The highest BCUT2D eigenvalue weighted by Crippen LogP contribution is 2.20. The zero-order valence-electron chi connectivity index (χ0n) is 8.03. The van der Waals surface area contributed by atoms with Gasteiger partial charge in [0, 0.05) is 6.21 Å². The lowest BCUT2D eigenvalue weighted by atomic mass is 10.4. The van der Waals surface area contributed by atoms with Crippen LogP contribution in [0.2, 0.25) is 0 Å². The Balaban J connectivity index is 4.32. The first-order chi connectivity index (χ1) is 7.29. The summed E-state index contributed by atoms with van der Waals surface area (Å²) in [4.78, 5) is 14.6. The molecule has 0 bridgehead atoms. The molecule has 0 unspecified atom stereocenters. The molecule has 0 spiro atoms. The van der Waals surface area contributed by atoms with Crippen LogP contribution in [0.1, 0.15) is 0 Å². The molecule has 0 saturated carbocycles. The Morgan fingerprint density at radius 2 is 2.00 bits per heavy atom. The predicted molar refractivity (Wildman–Crippen MR) is 51.9 cm³/mol. The summed E-state index contributed by atoms with van der Waals surface area (Å²) >= 11 is 0. The van der Waals surface area contributed by atoms with Crippen molar-refractivity contribution in [2.45, 2.75) is 6.18 Å². The number of carbonyl (C=O) groups is 1. The van der Waals surface area contributed by atoms with Gasteiger partial charge in [0.05, 0.1) is 6.34 Å². The summed E-state index contributed by atoms with van der Waals surface area (Å²) in [5, 5.41) is 6.72. The number of alkyl halides is 3. The minimum atomic E-state index is -4.61. The Hall–Kier alpha value is -2.06. The van der Waals surface area contributed by atoms with Crippen LogP contribution in [0.5, 0.6) is 0 Å². The van der Waals surface area contributed by atoms with Crippen molar-refractivity contribution >= 4 is 18.6 Å². The van der Waals surface area contributed by atoms with E-state index < -0.39 is 17.9 Å². The lowest BCUT2D eigenvalue weighted by Crippen LogP contribution is -2.34. The van der Waals surface area contributed by atoms with Gasteiger partial charge in [-0.2, -0.15) is 13.2 Å². The van der Waals surface area contributed by atoms with Crippen LogP contribution in [-0.4, -0.2) is 36.3 Å². The average Bonchev–Trinajstić information content (AvgIpc) is 2.15. The molecule has 90 valence electrons. The molecule has 16 heavy (non-hydrogen) atoms. The van der Waals surface area contributed by atoms with E-state index in [2.05, 4.69) is 10.7 Å². The van der Waals surface area contributed by atoms with Gasteiger partial charge in [-0.1, -0.05) is 0 Å². The third-order valence-corrected chi connectivity index (χ3v) is 1.36. The number of aliphatic imine (C=N–C) groups is 1. The number of hydrogen-bond acceptors (Lipinski definition) is 4. The highest BCUT2D eigenvalue weighted by Gasteiger charge is 2.30. The first kappa shape index (κ1) is 13.9. The Labute approximate surface area is 88.9 Å². The second-order valence-electron chi connectivity index (χ2n) is 2.53. The molecule has 9 heteroatoms. The van der Waals surface area contributed by atoms with Crippen molar-refractivity contribution in [3.05, 3.63) is 11.8 Å². The Bertz CT molecular complexity index is 322. The minimum Gasteiger partial charge on any atom is -0.395 e. The van der Waals surface area contributed by atoms with Gasteiger partial charge < -0.3 is 11.5 Å². The van der Waals surface area contributed by atoms with E-state index in [1.807, 2.05) is 0 Å². The molecule has 0 aliphatic heterocycles. The zero-order valence-corrected chi connectivity index (χ0v) is 8.03. The molecule has 0 saturated heterocycles. The van der Waals surface area contributed by atoms with Gasteiger partial charge in [0.25, 0.3) is 0 Å². The number of rotatable bonds is 4. The van der Waals surface area contributed by atoms with Gasteiger partial charge in [-0.15, -0.1) is 0 Å². The van der Waals surface area contributed by atoms with Crippen LogP contribution in [0.3, 0.4) is 0 Å². The number of primary amides is 1. The van der Waals surface area contributed by atoms with Crippen molar-refractivity contribution in [2.24, 2.45) is 16.5 Å². The van der Waals surface area contributed by atoms with Crippen LogP contribution in [0.25, 0.3) is 0 Å². The number of nitrogens with two attached hydrogens (primary N) is 2. The van der Waals surface area contributed by atoms with E-state index in [4.69, 9.17) is 11.1 Å². The fourth-order valence-corrected chi connectivity index (χ4v) is 0.537. The maximum absolute atomic E-state index is 11.9. The van der Waals surface area contributed by atoms with Crippen LogP contribution in [-0.2, 0) is 0 Å². The first-order valence-corrected chi connectivity index (χ1v) is 3.88. The van der Waals surface area contributed by atoms with Crippen LogP contribution in [0.15, 0.2) is 16.8 Å². The van der Waals surface area contributed by atoms with E-state index in [0.717, 1.165) is 6.21 Å². The summed E-state index contributed by atoms with van der Waals surface area (Å²) in [6, 6.07) is -0.931. The Kier molecular flexibility index (Phi) is 4.99. The van der Waals surface area contributed by atoms with E-state index in [1.54, 1.807) is 0 Å². The molecule has 0 aliphatic carbocycles. The number of allylic oxidation sites excluding steroid dienone is 2. The third kappa shape index (κ3) is 4.98. The highest BCUT2D eigenvalue weighted by atomic mass is 19.4. The SMILES string of the molecule is N=CN(CN=CC=C(N)C(F)(F)F)C(N)=O. The van der Waals surface area contributed by atoms with Crippen molar-refractivity contribution in [3.63, 3.8) is 0 Å². The second-order valence-corrected chi connectivity index (χ2v) is 2.53. The van der Waals surface area contributed by atoms with E-state index in [-0.39, 0.29) is 6.67 Å². The van der Waals surface area contributed by atoms with Crippen LogP contribution < -0.4 is 11.5 Å². The molecule has 0 aromatic heterocycles. The standard InChI is InChI=1S/C7H10F3N5O/c8-7(9,10)5(12)1-2-14-4-15(3-11)6(13)16/h1-3,11H,4,12H2,(H2,13,16). The van der Waals surface area contributed by atoms with E-state index in [1.165, 1.54) is 0 Å². The van der Waals surface area contributed by atoms with Gasteiger partial charge in [-0.3, -0.25) is 15.3 Å². The van der Waals surface area contributed by atoms with Crippen molar-refractivity contribution in [1.82, 2.24) is 4.90 Å². The van der Waals surface area contributed by atoms with Crippen LogP contribution >= 0.6 is 0 Å². The average molecular weight is 237 g/mol. The molecule has 0 fully saturated rings. The summed E-state index contributed by atoms with van der Waals surface area (Å²) in [6.45, 7) is -0.347. The molecular formula is C7H10F3N5O. The van der Waals surface area contributed by atoms with Gasteiger partial charge in [-0.25, -0.2) is 4.79 Å². The number of carbonyl (C=O) groups excluding carboxylic acids is 1. The van der Waals surface area contributed by atoms with E-state index >= 15 is 0 Å². The number of nitrogens with zero attached hydrogens (tertiary/aromatic N) is 2. The van der Waals surface area contributed by atoms with Gasteiger partial charge in [0.1, 0.15) is 12.4 Å². The fraction of sp³-hybridized carbons (Fsp3) is 0.286. The first-order valence-electron chi connectivity index (χ1n) is 3.88. The predicted octanol–water partition coefficient (Wildman–Crippen LogP) is 0.407. The molecule has 0 atom stereocenters. The van der Waals surface area contributed by atoms with Crippen molar-refractivity contribution < 1.29 is 18.0 Å². The van der Waals surface area contributed by atoms with Gasteiger partial charge in [0.2, 0.25) is 0 Å². The van der Waals surface area contributed by atoms with Crippen molar-refractivity contribution in [2.75, 3.05) is 6.67 Å². The van der Waals surface area contributed by atoms with Crippen molar-refractivity contribution in [3.8, 4) is 0 Å². The topological polar surface area (TPSA) is 109 Å². The quantitative estimate of drug-likeness (QED) is 0.486. The molecule has 0 aromatic carbocycles. The summed E-state index contributed by atoms with van der Waals surface area (Å²) in [6.07, 6.45) is -2.68. The molecule has 0 heterocycles. The monoisotopic (exact) mass is 237 g/mol. The van der Waals surface area contributed by atoms with Gasteiger partial charge >= 0.3 is 12.2 Å². The Morgan fingerprint density at radius 3 is 2.38 bits per heavy atom. The van der Waals surface area contributed by atoms with Crippen molar-refractivity contribution in [1.29, 1.82) is 5.41 Å². The van der Waals surface area contributed by atoms with Crippen LogP contribution in [0, 0.1) is 5.41 Å². The molecule has 6 nitrogen and oxygen atoms in total. The molecule has 2 amide bonds.